The van der Waals surface area contributed by atoms with Gasteiger partial charge in [0.25, 0.3) is 0 Å². The summed E-state index contributed by atoms with van der Waals surface area (Å²) >= 11 is 0. The summed E-state index contributed by atoms with van der Waals surface area (Å²) in [5, 5.41) is 10.4. The minimum Gasteiger partial charge on any atom is -0.390 e. The molecule has 0 bridgehead atoms. The molecule has 0 heterocycles. The van der Waals surface area contributed by atoms with Crippen LogP contribution in [0.4, 0.5) is 13.2 Å². The van der Waals surface area contributed by atoms with Crippen molar-refractivity contribution in [3.63, 3.8) is 0 Å². The van der Waals surface area contributed by atoms with Crippen molar-refractivity contribution < 1.29 is 18.3 Å². The largest absolute Gasteiger partial charge is 0.391 e. The summed E-state index contributed by atoms with van der Waals surface area (Å²) < 4.78 is 38.1. The van der Waals surface area contributed by atoms with Crippen LogP contribution in [-0.4, -0.2) is 16.9 Å². The second-order valence-electron chi connectivity index (χ2n) is 5.22. The van der Waals surface area contributed by atoms with Gasteiger partial charge in [0.15, 0.2) is 0 Å². The smallest absolute Gasteiger partial charge is 0.390 e. The van der Waals surface area contributed by atoms with Crippen LogP contribution in [0.5, 0.6) is 0 Å². The molecular formula is C14H17F3O. The highest BCUT2D eigenvalue weighted by Gasteiger charge is 2.46. The lowest BCUT2D eigenvalue weighted by molar-refractivity contribution is -0.200. The third-order valence-corrected chi connectivity index (χ3v) is 3.66. The average molecular weight is 258 g/mol. The maximum atomic E-state index is 12.7. The van der Waals surface area contributed by atoms with Crippen molar-refractivity contribution >= 4 is 0 Å². The van der Waals surface area contributed by atoms with E-state index in [-0.39, 0.29) is 12.8 Å². The topological polar surface area (TPSA) is 20.2 Å². The Labute approximate surface area is 105 Å². The normalized spacial score (nSPS) is 29.2. The van der Waals surface area contributed by atoms with Crippen molar-refractivity contribution in [2.24, 2.45) is 5.92 Å². The molecular weight excluding hydrogens is 241 g/mol. The van der Waals surface area contributed by atoms with Crippen molar-refractivity contribution in [3.05, 3.63) is 35.9 Å². The van der Waals surface area contributed by atoms with Crippen LogP contribution in [0.25, 0.3) is 0 Å². The van der Waals surface area contributed by atoms with E-state index in [4.69, 9.17) is 0 Å². The second-order valence-corrected chi connectivity index (χ2v) is 5.22. The summed E-state index contributed by atoms with van der Waals surface area (Å²) in [5.74, 6) is -1.36. The molecule has 0 spiro atoms. The molecule has 18 heavy (non-hydrogen) atoms. The first-order valence-corrected chi connectivity index (χ1v) is 6.22. The Morgan fingerprint density at radius 2 is 1.89 bits per heavy atom. The third kappa shape index (κ3) is 3.25. The maximum Gasteiger partial charge on any atom is 0.391 e. The van der Waals surface area contributed by atoms with Crippen LogP contribution >= 0.6 is 0 Å². The fourth-order valence-corrected chi connectivity index (χ4v) is 2.76. The molecule has 2 unspecified atom stereocenters. The first kappa shape index (κ1) is 13.4. The molecule has 1 aliphatic carbocycles. The van der Waals surface area contributed by atoms with Crippen LogP contribution in [0.3, 0.4) is 0 Å². The molecule has 1 saturated carbocycles. The number of halogens is 3. The van der Waals surface area contributed by atoms with Gasteiger partial charge in [-0.1, -0.05) is 30.3 Å². The molecule has 1 fully saturated rings. The van der Waals surface area contributed by atoms with Crippen LogP contribution in [0, 0.1) is 5.92 Å². The Balaban J connectivity index is 2.07. The highest BCUT2D eigenvalue weighted by Crippen LogP contribution is 2.42. The Hall–Kier alpha value is -1.03. The molecule has 0 aromatic heterocycles. The number of rotatable bonds is 2. The summed E-state index contributed by atoms with van der Waals surface area (Å²) in [5.41, 5.74) is -0.317. The molecule has 1 aromatic rings. The Morgan fingerprint density at radius 1 is 1.22 bits per heavy atom. The van der Waals surface area contributed by atoms with E-state index in [1.807, 2.05) is 30.3 Å². The zero-order valence-corrected chi connectivity index (χ0v) is 10.1. The van der Waals surface area contributed by atoms with Gasteiger partial charge in [-0.15, -0.1) is 0 Å². The molecule has 0 amide bonds. The Morgan fingerprint density at radius 3 is 2.50 bits per heavy atom. The first-order valence-electron chi connectivity index (χ1n) is 6.22. The summed E-state index contributed by atoms with van der Waals surface area (Å²) in [6.07, 6.45) is -3.03. The third-order valence-electron chi connectivity index (χ3n) is 3.66. The SMILES string of the molecule is OC1(Cc2ccccc2)CCCC(C(F)(F)F)C1. The van der Waals surface area contributed by atoms with Gasteiger partial charge in [-0.05, 0) is 31.2 Å². The number of hydrogen-bond donors (Lipinski definition) is 1. The molecule has 0 radical (unpaired) electrons. The number of alkyl halides is 3. The lowest BCUT2D eigenvalue weighted by atomic mass is 9.75. The molecule has 1 N–H and O–H groups in total. The first-order chi connectivity index (χ1) is 8.39. The zero-order chi connectivity index (χ0) is 13.2. The van der Waals surface area contributed by atoms with Gasteiger partial charge in [0.1, 0.15) is 0 Å². The molecule has 2 atom stereocenters. The van der Waals surface area contributed by atoms with Crippen LogP contribution in [0.15, 0.2) is 30.3 Å². The molecule has 1 nitrogen and oxygen atoms in total. The van der Waals surface area contributed by atoms with Crippen molar-refractivity contribution in [3.8, 4) is 0 Å². The van der Waals surface area contributed by atoms with E-state index in [0.29, 0.717) is 19.3 Å². The van der Waals surface area contributed by atoms with E-state index in [9.17, 15) is 18.3 Å². The van der Waals surface area contributed by atoms with Crippen LogP contribution < -0.4 is 0 Å². The van der Waals surface area contributed by atoms with E-state index in [1.54, 1.807) is 0 Å². The monoisotopic (exact) mass is 258 g/mol. The molecule has 0 aliphatic heterocycles. The number of hydrogen-bond acceptors (Lipinski definition) is 1. The maximum absolute atomic E-state index is 12.7. The summed E-state index contributed by atoms with van der Waals surface area (Å²) in [6.45, 7) is 0. The van der Waals surface area contributed by atoms with Crippen molar-refractivity contribution in [1.82, 2.24) is 0 Å². The molecule has 100 valence electrons. The van der Waals surface area contributed by atoms with Gasteiger partial charge in [-0.25, -0.2) is 0 Å². The number of aliphatic hydroxyl groups is 1. The standard InChI is InChI=1S/C14H17F3O/c15-14(16,17)12-7-4-8-13(18,10-12)9-11-5-2-1-3-6-11/h1-3,5-6,12,18H,4,7-10H2. The van der Waals surface area contributed by atoms with Gasteiger partial charge in [-0.3, -0.25) is 0 Å². The zero-order valence-electron chi connectivity index (χ0n) is 10.1. The van der Waals surface area contributed by atoms with E-state index < -0.39 is 17.7 Å². The van der Waals surface area contributed by atoms with Crippen LogP contribution in [-0.2, 0) is 6.42 Å². The quantitative estimate of drug-likeness (QED) is 0.857. The lowest BCUT2D eigenvalue weighted by Crippen LogP contribution is -2.41. The van der Waals surface area contributed by atoms with Crippen LogP contribution in [0.1, 0.15) is 31.2 Å². The van der Waals surface area contributed by atoms with E-state index in [2.05, 4.69) is 0 Å². The molecule has 4 heteroatoms. The molecule has 1 aromatic carbocycles. The highest BCUT2D eigenvalue weighted by atomic mass is 19.4. The van der Waals surface area contributed by atoms with Gasteiger partial charge in [0, 0.05) is 6.42 Å². The fourth-order valence-electron chi connectivity index (χ4n) is 2.76. The van der Waals surface area contributed by atoms with Gasteiger partial charge in [0.2, 0.25) is 0 Å². The summed E-state index contributed by atoms with van der Waals surface area (Å²) in [4.78, 5) is 0. The predicted molar refractivity (Wildman–Crippen MR) is 63.1 cm³/mol. The summed E-state index contributed by atoms with van der Waals surface area (Å²) in [7, 11) is 0. The van der Waals surface area contributed by atoms with E-state index in [0.717, 1.165) is 5.56 Å². The number of benzene rings is 1. The Kier molecular flexibility index (Phi) is 3.66. The lowest BCUT2D eigenvalue weighted by Gasteiger charge is -2.37. The van der Waals surface area contributed by atoms with Crippen molar-refractivity contribution in [2.75, 3.05) is 0 Å². The van der Waals surface area contributed by atoms with Crippen LogP contribution in [0.2, 0.25) is 0 Å². The van der Waals surface area contributed by atoms with Gasteiger partial charge >= 0.3 is 6.18 Å². The van der Waals surface area contributed by atoms with Gasteiger partial charge in [0.05, 0.1) is 11.5 Å². The molecule has 0 saturated heterocycles. The van der Waals surface area contributed by atoms with E-state index >= 15 is 0 Å². The Bertz CT molecular complexity index is 388. The second kappa shape index (κ2) is 4.92. The highest BCUT2D eigenvalue weighted by molar-refractivity contribution is 5.17. The fraction of sp³-hybridized carbons (Fsp3) is 0.571. The van der Waals surface area contributed by atoms with Crippen molar-refractivity contribution in [2.45, 2.75) is 43.9 Å². The van der Waals surface area contributed by atoms with Gasteiger partial charge < -0.3 is 5.11 Å². The average Bonchev–Trinajstić information content (AvgIpc) is 2.28. The van der Waals surface area contributed by atoms with E-state index in [1.165, 1.54) is 0 Å². The van der Waals surface area contributed by atoms with Crippen molar-refractivity contribution in [1.29, 1.82) is 0 Å². The molecule has 1 aliphatic rings. The minimum absolute atomic E-state index is 0.139. The summed E-state index contributed by atoms with van der Waals surface area (Å²) in [6, 6.07) is 9.21. The minimum atomic E-state index is -4.19. The predicted octanol–water partition coefficient (Wildman–Crippen LogP) is 3.71. The van der Waals surface area contributed by atoms with Gasteiger partial charge in [-0.2, -0.15) is 13.2 Å². The molecule has 2 rings (SSSR count).